The number of carbonyl (C=O) groups is 2. The van der Waals surface area contributed by atoms with E-state index >= 15 is 0 Å². The van der Waals surface area contributed by atoms with Crippen molar-refractivity contribution in [3.63, 3.8) is 0 Å². The van der Waals surface area contributed by atoms with Crippen molar-refractivity contribution in [2.24, 2.45) is 0 Å². The molecule has 0 aromatic heterocycles. The normalized spacial score (nSPS) is 14.3. The number of rotatable bonds is 3. The maximum absolute atomic E-state index is 11.2. The first-order chi connectivity index (χ1) is 9.18. The molecule has 0 radical (unpaired) electrons. The largest absolute Gasteiger partial charge is 0.475 e. The van der Waals surface area contributed by atoms with Crippen molar-refractivity contribution in [3.8, 4) is 0 Å². The van der Waals surface area contributed by atoms with Crippen molar-refractivity contribution in [3.05, 3.63) is 29.8 Å². The van der Waals surface area contributed by atoms with Crippen LogP contribution < -0.4 is 4.90 Å². The molecule has 1 aromatic rings. The van der Waals surface area contributed by atoms with E-state index in [9.17, 15) is 9.59 Å². The SMILES string of the molecule is CC.O=C(O)C(=O)c1ccc(N2CCCCC2)cc1. The molecule has 0 spiro atoms. The first kappa shape index (κ1) is 15.2. The van der Waals surface area contributed by atoms with E-state index in [1.165, 1.54) is 19.3 Å². The van der Waals surface area contributed by atoms with Crippen molar-refractivity contribution >= 4 is 17.4 Å². The number of benzene rings is 1. The van der Waals surface area contributed by atoms with Crippen LogP contribution in [0.1, 0.15) is 43.5 Å². The third kappa shape index (κ3) is 4.09. The molecule has 4 heteroatoms. The molecule has 0 amide bonds. The lowest BCUT2D eigenvalue weighted by Gasteiger charge is -2.28. The second-order valence-electron chi connectivity index (χ2n) is 4.23. The second kappa shape index (κ2) is 7.56. The summed E-state index contributed by atoms with van der Waals surface area (Å²) in [5.74, 6) is -2.26. The van der Waals surface area contributed by atoms with Crippen molar-refractivity contribution < 1.29 is 14.7 Å². The standard InChI is InChI=1S/C13H15NO3.C2H6/c15-12(13(16)17)10-4-6-11(7-5-10)14-8-2-1-3-9-14;1-2/h4-7H,1-3,8-9H2,(H,16,17);1-2H3. The van der Waals surface area contributed by atoms with Crippen molar-refractivity contribution in [1.82, 2.24) is 0 Å². The van der Waals surface area contributed by atoms with Crippen LogP contribution >= 0.6 is 0 Å². The number of carboxylic acid groups (broad SMARTS) is 1. The summed E-state index contributed by atoms with van der Waals surface area (Å²) in [5, 5.41) is 8.59. The summed E-state index contributed by atoms with van der Waals surface area (Å²) in [6.07, 6.45) is 3.65. The Balaban J connectivity index is 0.000000861. The molecule has 0 saturated carbocycles. The summed E-state index contributed by atoms with van der Waals surface area (Å²) in [6, 6.07) is 6.81. The van der Waals surface area contributed by atoms with Crippen molar-refractivity contribution in [2.45, 2.75) is 33.1 Å². The van der Waals surface area contributed by atoms with E-state index in [4.69, 9.17) is 5.11 Å². The predicted octanol–water partition coefficient (Wildman–Crippen LogP) is 2.97. The number of ketones is 1. The van der Waals surface area contributed by atoms with Gasteiger partial charge in [-0.1, -0.05) is 13.8 Å². The summed E-state index contributed by atoms with van der Waals surface area (Å²) in [6.45, 7) is 6.07. The molecule has 1 N–H and O–H groups in total. The topological polar surface area (TPSA) is 57.6 Å². The molecule has 2 rings (SSSR count). The number of hydrogen-bond donors (Lipinski definition) is 1. The number of anilines is 1. The van der Waals surface area contributed by atoms with Gasteiger partial charge in [0.2, 0.25) is 0 Å². The molecule has 1 aliphatic rings. The Hall–Kier alpha value is -1.84. The van der Waals surface area contributed by atoms with Crippen LogP contribution in [-0.2, 0) is 4.79 Å². The van der Waals surface area contributed by atoms with Crippen LogP contribution in [-0.4, -0.2) is 29.9 Å². The molecule has 0 atom stereocenters. The minimum atomic E-state index is -1.41. The Bertz CT molecular complexity index is 420. The average molecular weight is 263 g/mol. The maximum atomic E-state index is 11.2. The van der Waals surface area contributed by atoms with E-state index in [2.05, 4.69) is 4.90 Å². The molecule has 0 unspecified atom stereocenters. The number of hydrogen-bond acceptors (Lipinski definition) is 3. The van der Waals surface area contributed by atoms with Crippen LogP contribution in [0.3, 0.4) is 0 Å². The third-order valence-corrected chi connectivity index (χ3v) is 3.04. The van der Waals surface area contributed by atoms with Gasteiger partial charge in [-0.15, -0.1) is 0 Å². The summed E-state index contributed by atoms with van der Waals surface area (Å²) in [5.41, 5.74) is 1.30. The molecule has 19 heavy (non-hydrogen) atoms. The number of piperidine rings is 1. The highest BCUT2D eigenvalue weighted by Gasteiger charge is 2.15. The molecule has 0 aliphatic carbocycles. The van der Waals surface area contributed by atoms with E-state index in [0.717, 1.165) is 18.8 Å². The van der Waals surface area contributed by atoms with Crippen LogP contribution in [0.15, 0.2) is 24.3 Å². The molecule has 1 heterocycles. The maximum Gasteiger partial charge on any atom is 0.377 e. The van der Waals surface area contributed by atoms with E-state index in [-0.39, 0.29) is 5.56 Å². The summed E-state index contributed by atoms with van der Waals surface area (Å²) < 4.78 is 0. The Labute approximate surface area is 114 Å². The van der Waals surface area contributed by atoms with E-state index in [1.807, 2.05) is 26.0 Å². The Morgan fingerprint density at radius 2 is 1.53 bits per heavy atom. The van der Waals surface area contributed by atoms with E-state index in [0.29, 0.717) is 0 Å². The third-order valence-electron chi connectivity index (χ3n) is 3.04. The van der Waals surface area contributed by atoms with Gasteiger partial charge in [0.1, 0.15) is 0 Å². The fourth-order valence-electron chi connectivity index (χ4n) is 2.10. The van der Waals surface area contributed by atoms with Crippen molar-refractivity contribution in [1.29, 1.82) is 0 Å². The van der Waals surface area contributed by atoms with Gasteiger partial charge in [0.15, 0.2) is 0 Å². The summed E-state index contributed by atoms with van der Waals surface area (Å²) in [7, 11) is 0. The number of nitrogens with zero attached hydrogens (tertiary/aromatic N) is 1. The summed E-state index contributed by atoms with van der Waals surface area (Å²) >= 11 is 0. The zero-order valence-electron chi connectivity index (χ0n) is 11.6. The Kier molecular flexibility index (Phi) is 6.06. The van der Waals surface area contributed by atoms with Gasteiger partial charge in [-0.3, -0.25) is 4.79 Å². The molecular weight excluding hydrogens is 242 g/mol. The zero-order valence-corrected chi connectivity index (χ0v) is 11.6. The number of Topliss-reactive ketones (excluding diaryl/α,β-unsaturated/α-hetero) is 1. The van der Waals surface area contributed by atoms with Gasteiger partial charge >= 0.3 is 5.97 Å². The molecule has 1 fully saturated rings. The first-order valence-corrected chi connectivity index (χ1v) is 6.81. The van der Waals surface area contributed by atoms with Gasteiger partial charge in [0.05, 0.1) is 0 Å². The van der Waals surface area contributed by atoms with E-state index < -0.39 is 11.8 Å². The minimum Gasteiger partial charge on any atom is -0.475 e. The second-order valence-corrected chi connectivity index (χ2v) is 4.23. The monoisotopic (exact) mass is 263 g/mol. The van der Waals surface area contributed by atoms with Crippen LogP contribution in [0.2, 0.25) is 0 Å². The zero-order chi connectivity index (χ0) is 14.3. The Morgan fingerprint density at radius 1 is 1.00 bits per heavy atom. The molecular formula is C15H21NO3. The molecule has 1 aromatic carbocycles. The van der Waals surface area contributed by atoms with Gasteiger partial charge in [-0.2, -0.15) is 0 Å². The van der Waals surface area contributed by atoms with Crippen molar-refractivity contribution in [2.75, 3.05) is 18.0 Å². The average Bonchev–Trinajstić information content (AvgIpc) is 2.49. The lowest BCUT2D eigenvalue weighted by Crippen LogP contribution is -2.29. The number of aliphatic carboxylic acids is 1. The molecule has 1 saturated heterocycles. The van der Waals surface area contributed by atoms with Gasteiger partial charge < -0.3 is 10.0 Å². The highest BCUT2D eigenvalue weighted by Crippen LogP contribution is 2.20. The van der Waals surface area contributed by atoms with Crippen LogP contribution in [0.25, 0.3) is 0 Å². The highest BCUT2D eigenvalue weighted by molar-refractivity contribution is 6.39. The number of carboxylic acids is 1. The van der Waals surface area contributed by atoms with Crippen LogP contribution in [0, 0.1) is 0 Å². The smallest absolute Gasteiger partial charge is 0.377 e. The molecule has 4 nitrogen and oxygen atoms in total. The van der Waals surface area contributed by atoms with Gasteiger partial charge in [-0.25, -0.2) is 4.79 Å². The quantitative estimate of drug-likeness (QED) is 0.673. The fraction of sp³-hybridized carbons (Fsp3) is 0.467. The van der Waals surface area contributed by atoms with Crippen LogP contribution in [0.5, 0.6) is 0 Å². The fourth-order valence-corrected chi connectivity index (χ4v) is 2.10. The first-order valence-electron chi connectivity index (χ1n) is 6.81. The van der Waals surface area contributed by atoms with Gasteiger partial charge in [-0.05, 0) is 43.5 Å². The number of carbonyl (C=O) groups excluding carboxylic acids is 1. The van der Waals surface area contributed by atoms with E-state index in [1.54, 1.807) is 12.1 Å². The van der Waals surface area contributed by atoms with Crippen LogP contribution in [0.4, 0.5) is 5.69 Å². The lowest BCUT2D eigenvalue weighted by molar-refractivity contribution is -0.131. The van der Waals surface area contributed by atoms with Gasteiger partial charge in [0, 0.05) is 24.3 Å². The van der Waals surface area contributed by atoms with Gasteiger partial charge in [0.25, 0.3) is 5.78 Å². The summed E-state index contributed by atoms with van der Waals surface area (Å²) in [4.78, 5) is 24.0. The minimum absolute atomic E-state index is 0.234. The molecule has 104 valence electrons. The molecule has 1 aliphatic heterocycles. The predicted molar refractivity (Wildman–Crippen MR) is 75.8 cm³/mol. The lowest BCUT2D eigenvalue weighted by atomic mass is 10.1. The molecule has 0 bridgehead atoms. The highest BCUT2D eigenvalue weighted by atomic mass is 16.4. The Morgan fingerprint density at radius 3 is 2.00 bits per heavy atom.